The lowest BCUT2D eigenvalue weighted by Gasteiger charge is -2.23. The van der Waals surface area contributed by atoms with E-state index in [9.17, 15) is 5.11 Å². The van der Waals surface area contributed by atoms with Crippen LogP contribution in [0.25, 0.3) is 21.7 Å². The molecule has 1 unspecified atom stereocenters. The number of hydrogen-bond acceptors (Lipinski definition) is 4. The predicted octanol–water partition coefficient (Wildman–Crippen LogP) is 5.09. The zero-order valence-corrected chi connectivity index (χ0v) is 18.2. The Morgan fingerprint density at radius 1 is 1.13 bits per heavy atom. The lowest BCUT2D eigenvalue weighted by Crippen LogP contribution is -2.27. The third-order valence-corrected chi connectivity index (χ3v) is 5.66. The summed E-state index contributed by atoms with van der Waals surface area (Å²) in [7, 11) is 0. The molecule has 0 fully saturated rings. The number of aromatic nitrogens is 3. The summed E-state index contributed by atoms with van der Waals surface area (Å²) in [6.45, 7) is 4.90. The first-order valence-corrected chi connectivity index (χ1v) is 10.2. The normalized spacial score (nSPS) is 14.4. The Kier molecular flexibility index (Phi) is 7.08. The summed E-state index contributed by atoms with van der Waals surface area (Å²) < 4.78 is 0. The minimum atomic E-state index is -0.914. The van der Waals surface area contributed by atoms with Crippen LogP contribution < -0.4 is 5.32 Å². The molecule has 158 valence electrons. The van der Waals surface area contributed by atoms with Gasteiger partial charge in [0.25, 0.3) is 0 Å². The van der Waals surface area contributed by atoms with Crippen molar-refractivity contribution in [3.8, 4) is 0 Å². The van der Waals surface area contributed by atoms with Crippen molar-refractivity contribution in [2.24, 2.45) is 0 Å². The summed E-state index contributed by atoms with van der Waals surface area (Å²) in [6, 6.07) is 16.8. The fraction of sp³-hybridized carbons (Fsp3) is 0.333. The number of nitrogens with one attached hydrogen (secondary N) is 2. The van der Waals surface area contributed by atoms with E-state index < -0.39 is 5.60 Å². The molecule has 30 heavy (non-hydrogen) atoms. The van der Waals surface area contributed by atoms with Gasteiger partial charge in [-0.1, -0.05) is 30.3 Å². The fourth-order valence-electron chi connectivity index (χ4n) is 3.88. The van der Waals surface area contributed by atoms with Crippen LogP contribution >= 0.6 is 12.4 Å². The molecule has 2 atom stereocenters. The summed E-state index contributed by atoms with van der Waals surface area (Å²) in [5.74, 6) is 0. The van der Waals surface area contributed by atoms with Crippen LogP contribution in [0, 0.1) is 0 Å². The van der Waals surface area contributed by atoms with Gasteiger partial charge in [-0.25, -0.2) is 0 Å². The molecule has 0 amide bonds. The van der Waals surface area contributed by atoms with Crippen molar-refractivity contribution in [2.45, 2.75) is 51.3 Å². The molecule has 0 aliphatic heterocycles. The molecule has 4 rings (SSSR count). The average molecular weight is 425 g/mol. The maximum absolute atomic E-state index is 11.0. The summed E-state index contributed by atoms with van der Waals surface area (Å²) >= 11 is 0. The quantitative estimate of drug-likeness (QED) is 0.368. The van der Waals surface area contributed by atoms with Crippen molar-refractivity contribution in [3.63, 3.8) is 0 Å². The molecule has 2 aromatic heterocycles. The van der Waals surface area contributed by atoms with Gasteiger partial charge in [0.05, 0.1) is 11.2 Å². The molecule has 0 saturated heterocycles. The monoisotopic (exact) mass is 424 g/mol. The number of aliphatic hydroxyl groups is 1. The Morgan fingerprint density at radius 3 is 2.83 bits per heavy atom. The van der Waals surface area contributed by atoms with Crippen molar-refractivity contribution < 1.29 is 5.11 Å². The molecular weight excluding hydrogens is 396 g/mol. The summed E-state index contributed by atoms with van der Waals surface area (Å²) in [6.07, 6.45) is 6.34. The van der Waals surface area contributed by atoms with Gasteiger partial charge in [0.2, 0.25) is 0 Å². The van der Waals surface area contributed by atoms with E-state index in [1.54, 1.807) is 0 Å². The van der Waals surface area contributed by atoms with Crippen molar-refractivity contribution in [1.29, 1.82) is 0 Å². The van der Waals surface area contributed by atoms with Crippen LogP contribution in [0.1, 0.15) is 44.4 Å². The summed E-state index contributed by atoms with van der Waals surface area (Å²) in [5, 5.41) is 25.3. The summed E-state index contributed by atoms with van der Waals surface area (Å²) in [5.41, 5.74) is 2.05. The van der Waals surface area contributed by atoms with Crippen LogP contribution in [0.5, 0.6) is 0 Å². The molecule has 0 bridgehead atoms. The van der Waals surface area contributed by atoms with Crippen LogP contribution in [0.3, 0.4) is 0 Å². The van der Waals surface area contributed by atoms with Crippen molar-refractivity contribution in [3.05, 3.63) is 72.2 Å². The van der Waals surface area contributed by atoms with E-state index in [4.69, 9.17) is 0 Å². The molecule has 0 spiro atoms. The minimum Gasteiger partial charge on any atom is -0.384 e. The van der Waals surface area contributed by atoms with Crippen LogP contribution in [-0.4, -0.2) is 26.3 Å². The van der Waals surface area contributed by atoms with Gasteiger partial charge in [-0.3, -0.25) is 10.1 Å². The van der Waals surface area contributed by atoms with Crippen LogP contribution in [0.15, 0.2) is 60.9 Å². The van der Waals surface area contributed by atoms with E-state index in [1.165, 1.54) is 10.9 Å². The SMILES string of the molecule is C[C@H](CCCC(C)(O)c1[nH]nc2ccccc12)NCc1ccc2cnccc2c1.Cl. The Morgan fingerprint density at radius 2 is 1.97 bits per heavy atom. The number of nitrogens with zero attached hydrogens (tertiary/aromatic N) is 2. The highest BCUT2D eigenvalue weighted by atomic mass is 35.5. The van der Waals surface area contributed by atoms with Gasteiger partial charge in [0, 0.05) is 35.8 Å². The number of fused-ring (bicyclic) bond motifs is 2. The second-order valence-corrected chi connectivity index (χ2v) is 8.12. The molecule has 0 radical (unpaired) electrons. The Labute approximate surface area is 183 Å². The van der Waals surface area contributed by atoms with Gasteiger partial charge in [0.15, 0.2) is 0 Å². The molecule has 4 aromatic rings. The Hall–Kier alpha value is -2.47. The smallest absolute Gasteiger partial charge is 0.104 e. The lowest BCUT2D eigenvalue weighted by molar-refractivity contribution is 0.0413. The highest BCUT2D eigenvalue weighted by molar-refractivity contribution is 5.85. The van der Waals surface area contributed by atoms with E-state index in [2.05, 4.69) is 45.6 Å². The van der Waals surface area contributed by atoms with Crippen LogP contribution in [0.4, 0.5) is 0 Å². The number of rotatable bonds is 8. The number of H-pyrrole nitrogens is 1. The van der Waals surface area contributed by atoms with Gasteiger partial charge >= 0.3 is 0 Å². The lowest BCUT2D eigenvalue weighted by atomic mass is 9.92. The first-order valence-electron chi connectivity index (χ1n) is 10.2. The maximum atomic E-state index is 11.0. The first-order chi connectivity index (χ1) is 14.0. The average Bonchev–Trinajstić information content (AvgIpc) is 3.17. The molecule has 0 aliphatic carbocycles. The van der Waals surface area contributed by atoms with Gasteiger partial charge in [-0.2, -0.15) is 5.10 Å². The number of para-hydroxylation sites is 1. The Bertz CT molecular complexity index is 1110. The largest absolute Gasteiger partial charge is 0.384 e. The molecule has 0 saturated carbocycles. The third-order valence-electron chi connectivity index (χ3n) is 5.66. The second kappa shape index (κ2) is 9.56. The molecule has 0 aliphatic rings. The zero-order chi connectivity index (χ0) is 20.3. The predicted molar refractivity (Wildman–Crippen MR) is 125 cm³/mol. The molecule has 2 aromatic carbocycles. The van der Waals surface area contributed by atoms with E-state index in [-0.39, 0.29) is 12.4 Å². The highest BCUT2D eigenvalue weighted by Gasteiger charge is 2.27. The molecular formula is C24H29ClN4O. The number of hydrogen-bond donors (Lipinski definition) is 3. The van der Waals surface area contributed by atoms with Gasteiger partial charge in [0.1, 0.15) is 5.60 Å². The zero-order valence-electron chi connectivity index (χ0n) is 17.4. The van der Waals surface area contributed by atoms with Crippen LogP contribution in [-0.2, 0) is 12.1 Å². The minimum absolute atomic E-state index is 0. The van der Waals surface area contributed by atoms with Gasteiger partial charge < -0.3 is 10.4 Å². The fourth-order valence-corrected chi connectivity index (χ4v) is 3.88. The maximum Gasteiger partial charge on any atom is 0.104 e. The van der Waals surface area contributed by atoms with Crippen molar-refractivity contribution >= 4 is 34.1 Å². The highest BCUT2D eigenvalue weighted by Crippen LogP contribution is 2.30. The number of halogens is 1. The van der Waals surface area contributed by atoms with Gasteiger partial charge in [-0.15, -0.1) is 12.4 Å². The second-order valence-electron chi connectivity index (χ2n) is 8.12. The van der Waals surface area contributed by atoms with Crippen molar-refractivity contribution in [1.82, 2.24) is 20.5 Å². The van der Waals surface area contributed by atoms with E-state index in [0.29, 0.717) is 12.5 Å². The first kappa shape index (κ1) is 22.2. The van der Waals surface area contributed by atoms with E-state index in [0.717, 1.165) is 41.4 Å². The van der Waals surface area contributed by atoms with E-state index in [1.807, 2.05) is 49.6 Å². The number of pyridine rings is 1. The number of aromatic amines is 1. The summed E-state index contributed by atoms with van der Waals surface area (Å²) in [4.78, 5) is 4.16. The molecule has 6 heteroatoms. The van der Waals surface area contributed by atoms with Gasteiger partial charge in [-0.05, 0) is 62.3 Å². The molecule has 2 heterocycles. The molecule has 3 N–H and O–H groups in total. The number of benzene rings is 2. The topological polar surface area (TPSA) is 73.8 Å². The standard InChI is InChI=1S/C24H28N4O.ClH/c1-17(26-15-18-9-10-20-16-25-13-11-19(20)14-18)6-5-12-24(2,29)23-21-7-3-4-8-22(21)27-28-23;/h3-4,7-11,13-14,16-17,26,29H,5-6,12,15H2,1-2H3,(H,27,28);1H/t17-,24?;/m1./s1. The Balaban J connectivity index is 0.00000256. The van der Waals surface area contributed by atoms with Crippen molar-refractivity contribution in [2.75, 3.05) is 0 Å². The third kappa shape index (κ3) is 4.98. The molecule has 5 nitrogen and oxygen atoms in total. The van der Waals surface area contributed by atoms with E-state index >= 15 is 0 Å². The van der Waals surface area contributed by atoms with Crippen LogP contribution in [0.2, 0.25) is 0 Å².